The molecule has 0 aromatic heterocycles. The summed E-state index contributed by atoms with van der Waals surface area (Å²) in [6.45, 7) is 1.36. The number of esters is 1. The molecule has 0 aliphatic rings. The minimum absolute atomic E-state index is 0.344. The van der Waals surface area contributed by atoms with Gasteiger partial charge in [-0.25, -0.2) is 0 Å². The number of benzene rings is 1. The van der Waals surface area contributed by atoms with Crippen LogP contribution in [-0.4, -0.2) is 5.97 Å². The van der Waals surface area contributed by atoms with Gasteiger partial charge in [-0.2, -0.15) is 0 Å². The van der Waals surface area contributed by atoms with Crippen molar-refractivity contribution in [2.75, 3.05) is 0 Å². The summed E-state index contributed by atoms with van der Waals surface area (Å²) >= 11 is 13.4. The van der Waals surface area contributed by atoms with Gasteiger partial charge in [0.05, 0.1) is 3.57 Å². The maximum Gasteiger partial charge on any atom is 0.308 e. The first-order valence-corrected chi connectivity index (χ1v) is 5.72. The maximum atomic E-state index is 10.7. The summed E-state index contributed by atoms with van der Waals surface area (Å²) in [4.78, 5) is 10.1. The number of hydrogen-bond donors (Lipinski definition) is 0. The number of carbonyl (C=O) groups is 1. The molecule has 1 aromatic rings. The van der Waals surface area contributed by atoms with Crippen molar-refractivity contribution in [2.45, 2.75) is 11.8 Å². The van der Waals surface area contributed by atoms with Crippen LogP contribution in [0.5, 0.6) is 5.75 Å². The van der Waals surface area contributed by atoms with E-state index in [1.54, 1.807) is 18.2 Å². The average molecular weight is 345 g/mol. The molecule has 0 saturated heterocycles. The first-order chi connectivity index (χ1) is 6.50. The Balaban J connectivity index is 2.95. The second-order valence-corrected chi connectivity index (χ2v) is 4.84. The lowest BCUT2D eigenvalue weighted by Gasteiger charge is -2.06. The molecule has 0 unspecified atom stereocenters. The molecule has 0 spiro atoms. The van der Waals surface area contributed by atoms with E-state index in [4.69, 9.17) is 27.9 Å². The highest BCUT2D eigenvalue weighted by Crippen LogP contribution is 2.30. The van der Waals surface area contributed by atoms with Gasteiger partial charge < -0.3 is 4.74 Å². The highest BCUT2D eigenvalue weighted by atomic mass is 127. The third kappa shape index (κ3) is 3.29. The fourth-order valence-electron chi connectivity index (χ4n) is 0.890. The highest BCUT2D eigenvalue weighted by Gasteiger charge is 2.08. The molecule has 0 N–H and O–H groups in total. The Morgan fingerprint density at radius 3 is 2.57 bits per heavy atom. The van der Waals surface area contributed by atoms with E-state index in [-0.39, 0.29) is 5.97 Å². The lowest BCUT2D eigenvalue weighted by molar-refractivity contribution is -0.131. The third-order valence-corrected chi connectivity index (χ3v) is 2.81. The quantitative estimate of drug-likeness (QED) is 0.354. The Hall–Kier alpha value is -0.000000000000000111. The molecule has 0 amide bonds. The standard InChI is InChI=1S/C9H7Cl2IO2/c1-5(13)14-8-3-2-6(9(10)11)4-7(8)12/h2-4,9H,1H3. The molecular weight excluding hydrogens is 338 g/mol. The largest absolute Gasteiger partial charge is 0.426 e. The fraction of sp³-hybridized carbons (Fsp3) is 0.222. The van der Waals surface area contributed by atoms with E-state index in [0.717, 1.165) is 9.13 Å². The zero-order chi connectivity index (χ0) is 10.7. The summed E-state index contributed by atoms with van der Waals surface area (Å²) in [7, 11) is 0. The maximum absolute atomic E-state index is 10.7. The van der Waals surface area contributed by atoms with Crippen LogP contribution in [0, 0.1) is 3.57 Å². The van der Waals surface area contributed by atoms with Crippen molar-refractivity contribution < 1.29 is 9.53 Å². The Labute approximate surface area is 106 Å². The molecule has 76 valence electrons. The van der Waals surface area contributed by atoms with Crippen molar-refractivity contribution in [1.82, 2.24) is 0 Å². The number of carbonyl (C=O) groups excluding carboxylic acids is 1. The molecular formula is C9H7Cl2IO2. The van der Waals surface area contributed by atoms with E-state index in [9.17, 15) is 4.79 Å². The summed E-state index contributed by atoms with van der Waals surface area (Å²) in [5, 5.41) is 0. The molecule has 1 aromatic carbocycles. The predicted octanol–water partition coefficient (Wildman–Crippen LogP) is 3.69. The van der Waals surface area contributed by atoms with Crippen molar-refractivity contribution in [1.29, 1.82) is 0 Å². The van der Waals surface area contributed by atoms with Crippen LogP contribution < -0.4 is 4.74 Å². The fourth-order valence-corrected chi connectivity index (χ4v) is 1.81. The Bertz CT molecular complexity index is 353. The van der Waals surface area contributed by atoms with Gasteiger partial charge in [0.25, 0.3) is 0 Å². The Morgan fingerprint density at radius 1 is 1.50 bits per heavy atom. The van der Waals surface area contributed by atoms with Crippen LogP contribution in [0.25, 0.3) is 0 Å². The number of hydrogen-bond acceptors (Lipinski definition) is 2. The van der Waals surface area contributed by atoms with E-state index >= 15 is 0 Å². The second-order valence-electron chi connectivity index (χ2n) is 2.58. The molecule has 0 heterocycles. The van der Waals surface area contributed by atoms with Crippen molar-refractivity contribution in [3.8, 4) is 5.75 Å². The Morgan fingerprint density at radius 2 is 2.14 bits per heavy atom. The molecule has 1 rings (SSSR count). The zero-order valence-corrected chi connectivity index (χ0v) is 10.9. The number of alkyl halides is 2. The van der Waals surface area contributed by atoms with E-state index < -0.39 is 4.84 Å². The smallest absolute Gasteiger partial charge is 0.308 e. The van der Waals surface area contributed by atoms with Crippen molar-refractivity contribution in [3.63, 3.8) is 0 Å². The highest BCUT2D eigenvalue weighted by molar-refractivity contribution is 14.1. The van der Waals surface area contributed by atoms with Crippen LogP contribution in [0.1, 0.15) is 17.3 Å². The molecule has 14 heavy (non-hydrogen) atoms. The van der Waals surface area contributed by atoms with Crippen molar-refractivity contribution in [2.24, 2.45) is 0 Å². The monoisotopic (exact) mass is 344 g/mol. The summed E-state index contributed by atoms with van der Waals surface area (Å²) < 4.78 is 5.75. The van der Waals surface area contributed by atoms with E-state index in [1.807, 2.05) is 0 Å². The topological polar surface area (TPSA) is 26.3 Å². The van der Waals surface area contributed by atoms with Crippen molar-refractivity contribution >= 4 is 51.8 Å². The van der Waals surface area contributed by atoms with Crippen LogP contribution in [0.2, 0.25) is 0 Å². The SMILES string of the molecule is CC(=O)Oc1ccc(C(Cl)Cl)cc1I. The molecule has 0 aliphatic carbocycles. The third-order valence-electron chi connectivity index (χ3n) is 1.46. The predicted molar refractivity (Wildman–Crippen MR) is 64.9 cm³/mol. The van der Waals surface area contributed by atoms with Gasteiger partial charge in [0.2, 0.25) is 0 Å². The summed E-state index contributed by atoms with van der Waals surface area (Å²) in [6, 6.07) is 5.19. The first-order valence-electron chi connectivity index (χ1n) is 3.76. The van der Waals surface area contributed by atoms with E-state index in [0.29, 0.717) is 5.75 Å². The molecule has 0 atom stereocenters. The van der Waals surface area contributed by atoms with Crippen LogP contribution in [0.3, 0.4) is 0 Å². The van der Waals surface area contributed by atoms with Gasteiger partial charge in [0.1, 0.15) is 10.6 Å². The van der Waals surface area contributed by atoms with Gasteiger partial charge >= 0.3 is 5.97 Å². The lowest BCUT2D eigenvalue weighted by Crippen LogP contribution is -2.03. The van der Waals surface area contributed by atoms with Gasteiger partial charge in [-0.05, 0) is 40.3 Å². The van der Waals surface area contributed by atoms with E-state index in [2.05, 4.69) is 22.6 Å². The van der Waals surface area contributed by atoms with Gasteiger partial charge in [-0.1, -0.05) is 6.07 Å². The summed E-state index contributed by atoms with van der Waals surface area (Å²) in [6.07, 6.45) is 0. The van der Waals surface area contributed by atoms with Gasteiger partial charge in [-0.3, -0.25) is 4.79 Å². The lowest BCUT2D eigenvalue weighted by atomic mass is 10.2. The Kier molecular flexibility index (Phi) is 4.47. The van der Waals surface area contributed by atoms with Gasteiger partial charge in [-0.15, -0.1) is 23.2 Å². The minimum atomic E-state index is -0.560. The minimum Gasteiger partial charge on any atom is -0.426 e. The first kappa shape index (κ1) is 12.1. The molecule has 0 saturated carbocycles. The molecule has 0 radical (unpaired) electrons. The normalized spacial score (nSPS) is 10.4. The molecule has 0 fully saturated rings. The average Bonchev–Trinajstić information content (AvgIpc) is 2.07. The number of halogens is 3. The van der Waals surface area contributed by atoms with Crippen LogP contribution in [0.15, 0.2) is 18.2 Å². The molecule has 0 bridgehead atoms. The summed E-state index contributed by atoms with van der Waals surface area (Å²) in [5.41, 5.74) is 0.786. The number of ether oxygens (including phenoxy) is 1. The van der Waals surface area contributed by atoms with Crippen LogP contribution in [-0.2, 0) is 4.79 Å². The molecule has 0 aliphatic heterocycles. The van der Waals surface area contributed by atoms with Crippen LogP contribution in [0.4, 0.5) is 0 Å². The number of rotatable bonds is 2. The van der Waals surface area contributed by atoms with Crippen LogP contribution >= 0.6 is 45.8 Å². The summed E-state index contributed by atoms with van der Waals surface area (Å²) in [5.74, 6) is 0.180. The molecule has 2 nitrogen and oxygen atoms in total. The molecule has 5 heteroatoms. The van der Waals surface area contributed by atoms with Crippen molar-refractivity contribution in [3.05, 3.63) is 27.3 Å². The zero-order valence-electron chi connectivity index (χ0n) is 7.26. The second kappa shape index (κ2) is 5.19. The van der Waals surface area contributed by atoms with Gasteiger partial charge in [0, 0.05) is 6.92 Å². The van der Waals surface area contributed by atoms with Gasteiger partial charge in [0.15, 0.2) is 0 Å². The van der Waals surface area contributed by atoms with E-state index in [1.165, 1.54) is 6.92 Å².